The minimum atomic E-state index is -0.502. The number of aliphatic hydroxyl groups is 1. The first kappa shape index (κ1) is 13.4. The number of anilines is 2. The van der Waals surface area contributed by atoms with Crippen molar-refractivity contribution in [3.05, 3.63) is 0 Å². The second-order valence-corrected chi connectivity index (χ2v) is 4.12. The minimum Gasteiger partial charge on any atom is -0.467 e. The molecule has 1 rings (SSSR count). The number of hydrogen-bond donors (Lipinski definition) is 3. The molecule has 0 saturated carbocycles. The summed E-state index contributed by atoms with van der Waals surface area (Å²) in [5.41, 5.74) is 1.83. The monoisotopic (exact) mass is 242 g/mol. The van der Waals surface area contributed by atoms with E-state index in [4.69, 9.17) is 10.6 Å². The number of aliphatic hydroxyl groups excluding tert-OH is 1. The Labute approximate surface area is 99.8 Å². The van der Waals surface area contributed by atoms with Crippen LogP contribution in [0, 0.1) is 0 Å². The zero-order chi connectivity index (χ0) is 13.1. The van der Waals surface area contributed by atoms with Crippen molar-refractivity contribution in [1.29, 1.82) is 0 Å². The SMILES string of the molecule is COc1nc(NN)nc(N(C)C(C)(C)CO)n1. The van der Waals surface area contributed by atoms with Gasteiger partial charge in [0.15, 0.2) is 0 Å². The molecular formula is C9H18N6O2. The van der Waals surface area contributed by atoms with Crippen molar-refractivity contribution < 1.29 is 9.84 Å². The van der Waals surface area contributed by atoms with Gasteiger partial charge in [-0.25, -0.2) is 5.84 Å². The number of methoxy groups -OCH3 is 1. The van der Waals surface area contributed by atoms with E-state index in [1.807, 2.05) is 13.8 Å². The standard InChI is InChI=1S/C9H18N6O2/c1-9(2,5-16)15(3)7-11-6(14-10)12-8(13-7)17-4/h16H,5,10H2,1-4H3,(H,11,12,13,14). The molecule has 1 aromatic heterocycles. The van der Waals surface area contributed by atoms with Gasteiger partial charge in [0.25, 0.3) is 0 Å². The molecule has 0 amide bonds. The van der Waals surface area contributed by atoms with Crippen LogP contribution in [0.3, 0.4) is 0 Å². The summed E-state index contributed by atoms with van der Waals surface area (Å²) in [7, 11) is 3.22. The largest absolute Gasteiger partial charge is 0.467 e. The minimum absolute atomic E-state index is 0.0388. The van der Waals surface area contributed by atoms with Crippen LogP contribution in [0.1, 0.15) is 13.8 Å². The van der Waals surface area contributed by atoms with Gasteiger partial charge in [-0.1, -0.05) is 0 Å². The molecule has 0 atom stereocenters. The first-order valence-corrected chi connectivity index (χ1v) is 5.06. The average molecular weight is 242 g/mol. The lowest BCUT2D eigenvalue weighted by molar-refractivity contribution is 0.214. The third kappa shape index (κ3) is 2.92. The van der Waals surface area contributed by atoms with Crippen molar-refractivity contribution in [3.8, 4) is 6.01 Å². The van der Waals surface area contributed by atoms with Gasteiger partial charge >= 0.3 is 6.01 Å². The van der Waals surface area contributed by atoms with Crippen LogP contribution < -0.4 is 20.9 Å². The molecule has 0 unspecified atom stereocenters. The number of nitrogens with zero attached hydrogens (tertiary/aromatic N) is 4. The van der Waals surface area contributed by atoms with Gasteiger partial charge in [-0.15, -0.1) is 0 Å². The first-order chi connectivity index (χ1) is 7.94. The lowest BCUT2D eigenvalue weighted by atomic mass is 10.1. The van der Waals surface area contributed by atoms with E-state index in [0.29, 0.717) is 5.95 Å². The fourth-order valence-corrected chi connectivity index (χ4v) is 1.03. The number of aromatic nitrogens is 3. The van der Waals surface area contributed by atoms with E-state index in [0.717, 1.165) is 0 Å². The Balaban J connectivity index is 3.12. The molecule has 17 heavy (non-hydrogen) atoms. The predicted octanol–water partition coefficient (Wildman–Crippen LogP) is -0.627. The molecule has 1 heterocycles. The second kappa shape index (κ2) is 5.11. The molecule has 8 nitrogen and oxygen atoms in total. The predicted molar refractivity (Wildman–Crippen MR) is 63.8 cm³/mol. The summed E-state index contributed by atoms with van der Waals surface area (Å²) >= 11 is 0. The molecule has 0 aliphatic rings. The van der Waals surface area contributed by atoms with Crippen molar-refractivity contribution in [3.63, 3.8) is 0 Å². The van der Waals surface area contributed by atoms with Crippen LogP contribution in [0.15, 0.2) is 0 Å². The molecule has 4 N–H and O–H groups in total. The molecular weight excluding hydrogens is 224 g/mol. The number of ether oxygens (including phenoxy) is 1. The maximum absolute atomic E-state index is 9.29. The number of nitrogens with two attached hydrogens (primary N) is 1. The molecule has 0 bridgehead atoms. The molecule has 0 aliphatic carbocycles. The summed E-state index contributed by atoms with van der Waals surface area (Å²) in [5, 5.41) is 9.29. The Hall–Kier alpha value is -1.67. The van der Waals surface area contributed by atoms with Gasteiger partial charge in [0.2, 0.25) is 11.9 Å². The van der Waals surface area contributed by atoms with E-state index in [2.05, 4.69) is 20.4 Å². The van der Waals surface area contributed by atoms with Gasteiger partial charge in [-0.05, 0) is 13.8 Å². The fourth-order valence-electron chi connectivity index (χ4n) is 1.03. The van der Waals surface area contributed by atoms with Crippen molar-refractivity contribution in [1.82, 2.24) is 15.0 Å². The molecule has 0 radical (unpaired) electrons. The highest BCUT2D eigenvalue weighted by molar-refractivity contribution is 5.39. The molecule has 0 aliphatic heterocycles. The quantitative estimate of drug-likeness (QED) is 0.462. The van der Waals surface area contributed by atoms with Crippen LogP contribution >= 0.6 is 0 Å². The van der Waals surface area contributed by atoms with Crippen LogP contribution in [0.25, 0.3) is 0 Å². The zero-order valence-corrected chi connectivity index (χ0v) is 10.4. The Morgan fingerprint density at radius 2 is 2.06 bits per heavy atom. The second-order valence-electron chi connectivity index (χ2n) is 4.12. The van der Waals surface area contributed by atoms with E-state index in [1.54, 1.807) is 11.9 Å². The lowest BCUT2D eigenvalue weighted by Gasteiger charge is -2.33. The first-order valence-electron chi connectivity index (χ1n) is 5.06. The van der Waals surface area contributed by atoms with Crippen LogP contribution in [0.4, 0.5) is 11.9 Å². The van der Waals surface area contributed by atoms with Crippen LogP contribution in [0.2, 0.25) is 0 Å². The van der Waals surface area contributed by atoms with Gasteiger partial charge in [-0.2, -0.15) is 15.0 Å². The Kier molecular flexibility index (Phi) is 4.02. The van der Waals surface area contributed by atoms with Gasteiger partial charge in [0.05, 0.1) is 19.3 Å². The number of rotatable bonds is 5. The molecule has 96 valence electrons. The fraction of sp³-hybridized carbons (Fsp3) is 0.667. The maximum Gasteiger partial charge on any atom is 0.322 e. The summed E-state index contributed by atoms with van der Waals surface area (Å²) in [6.45, 7) is 3.68. The van der Waals surface area contributed by atoms with E-state index in [-0.39, 0.29) is 18.6 Å². The van der Waals surface area contributed by atoms with E-state index < -0.39 is 5.54 Å². The topological polar surface area (TPSA) is 109 Å². The number of hydrogen-bond acceptors (Lipinski definition) is 8. The number of nitrogens with one attached hydrogen (secondary N) is 1. The zero-order valence-electron chi connectivity index (χ0n) is 10.4. The Morgan fingerprint density at radius 1 is 1.41 bits per heavy atom. The van der Waals surface area contributed by atoms with Crippen molar-refractivity contribution in [2.24, 2.45) is 5.84 Å². The highest BCUT2D eigenvalue weighted by atomic mass is 16.5. The molecule has 0 spiro atoms. The number of nitrogen functional groups attached to an aromatic ring is 1. The van der Waals surface area contributed by atoms with E-state index in [1.165, 1.54) is 7.11 Å². The summed E-state index contributed by atoms with van der Waals surface area (Å²) < 4.78 is 4.95. The maximum atomic E-state index is 9.29. The third-order valence-electron chi connectivity index (χ3n) is 2.51. The summed E-state index contributed by atoms with van der Waals surface area (Å²) in [4.78, 5) is 13.8. The molecule has 0 fully saturated rings. The number of likely N-dealkylation sites (N-methyl/N-ethyl adjacent to an activating group) is 1. The van der Waals surface area contributed by atoms with Crippen molar-refractivity contribution in [2.45, 2.75) is 19.4 Å². The van der Waals surface area contributed by atoms with Crippen LogP contribution in [-0.2, 0) is 0 Å². The van der Waals surface area contributed by atoms with Crippen molar-refractivity contribution in [2.75, 3.05) is 31.1 Å². The summed E-state index contributed by atoms with van der Waals surface area (Å²) in [6, 6.07) is 0.156. The van der Waals surface area contributed by atoms with Gasteiger partial charge < -0.3 is 14.7 Å². The molecule has 0 saturated heterocycles. The Morgan fingerprint density at radius 3 is 2.53 bits per heavy atom. The Bertz CT molecular complexity index is 361. The summed E-state index contributed by atoms with van der Waals surface area (Å²) in [6.07, 6.45) is 0. The normalized spacial score (nSPS) is 11.2. The molecule has 0 aromatic carbocycles. The molecule has 8 heteroatoms. The third-order valence-corrected chi connectivity index (χ3v) is 2.51. The highest BCUT2D eigenvalue weighted by Crippen LogP contribution is 2.20. The summed E-state index contributed by atoms with van der Waals surface area (Å²) in [5.74, 6) is 5.82. The highest BCUT2D eigenvalue weighted by Gasteiger charge is 2.25. The number of hydrazine groups is 1. The van der Waals surface area contributed by atoms with Gasteiger partial charge in [0, 0.05) is 7.05 Å². The lowest BCUT2D eigenvalue weighted by Crippen LogP contribution is -2.45. The van der Waals surface area contributed by atoms with E-state index in [9.17, 15) is 5.11 Å². The van der Waals surface area contributed by atoms with E-state index >= 15 is 0 Å². The van der Waals surface area contributed by atoms with Crippen LogP contribution in [0.5, 0.6) is 6.01 Å². The van der Waals surface area contributed by atoms with Crippen molar-refractivity contribution >= 4 is 11.9 Å². The van der Waals surface area contributed by atoms with Crippen LogP contribution in [-0.4, -0.2) is 46.4 Å². The van der Waals surface area contributed by atoms with Gasteiger partial charge in [-0.3, -0.25) is 5.43 Å². The molecule has 1 aromatic rings. The average Bonchev–Trinajstić information content (AvgIpc) is 2.36. The van der Waals surface area contributed by atoms with Gasteiger partial charge in [0.1, 0.15) is 0 Å². The smallest absolute Gasteiger partial charge is 0.322 e.